The molecule has 82 valence electrons. The SMILES string of the molecule is Cc1cncc(CNC2CCCC2)c1C. The van der Waals surface area contributed by atoms with Crippen LogP contribution >= 0.6 is 0 Å². The van der Waals surface area contributed by atoms with Crippen LogP contribution < -0.4 is 5.32 Å². The Morgan fingerprint density at radius 3 is 2.73 bits per heavy atom. The van der Waals surface area contributed by atoms with Crippen LogP contribution in [0, 0.1) is 13.8 Å². The van der Waals surface area contributed by atoms with E-state index in [4.69, 9.17) is 0 Å². The fraction of sp³-hybridized carbons (Fsp3) is 0.615. The molecular formula is C13H20N2. The van der Waals surface area contributed by atoms with Crippen LogP contribution in [0.3, 0.4) is 0 Å². The van der Waals surface area contributed by atoms with E-state index in [1.54, 1.807) is 0 Å². The molecule has 2 nitrogen and oxygen atoms in total. The Kier molecular flexibility index (Phi) is 3.37. The van der Waals surface area contributed by atoms with Crippen molar-refractivity contribution in [1.82, 2.24) is 10.3 Å². The van der Waals surface area contributed by atoms with Crippen molar-refractivity contribution < 1.29 is 0 Å². The molecule has 0 amide bonds. The van der Waals surface area contributed by atoms with Gasteiger partial charge < -0.3 is 5.32 Å². The first kappa shape index (κ1) is 10.6. The first-order valence-electron chi connectivity index (χ1n) is 5.91. The minimum Gasteiger partial charge on any atom is -0.310 e. The summed E-state index contributed by atoms with van der Waals surface area (Å²) in [5.41, 5.74) is 4.03. The highest BCUT2D eigenvalue weighted by Crippen LogP contribution is 2.18. The van der Waals surface area contributed by atoms with Crippen LogP contribution in [0.5, 0.6) is 0 Å². The summed E-state index contributed by atoms with van der Waals surface area (Å²) < 4.78 is 0. The van der Waals surface area contributed by atoms with Crippen LogP contribution in [0.15, 0.2) is 12.4 Å². The summed E-state index contributed by atoms with van der Waals surface area (Å²) in [6.45, 7) is 5.29. The Balaban J connectivity index is 1.95. The average molecular weight is 204 g/mol. The molecule has 1 aliphatic carbocycles. The lowest BCUT2D eigenvalue weighted by Crippen LogP contribution is -2.25. The first-order chi connectivity index (χ1) is 7.27. The summed E-state index contributed by atoms with van der Waals surface area (Å²) in [6.07, 6.45) is 9.40. The lowest BCUT2D eigenvalue weighted by Gasteiger charge is -2.13. The number of hydrogen-bond donors (Lipinski definition) is 1. The third-order valence-corrected chi connectivity index (χ3v) is 3.51. The van der Waals surface area contributed by atoms with E-state index in [2.05, 4.69) is 24.1 Å². The zero-order valence-electron chi connectivity index (χ0n) is 9.71. The van der Waals surface area contributed by atoms with Crippen molar-refractivity contribution in [2.45, 2.75) is 52.1 Å². The number of aryl methyl sites for hydroxylation is 1. The van der Waals surface area contributed by atoms with Gasteiger partial charge in [0.1, 0.15) is 0 Å². The van der Waals surface area contributed by atoms with E-state index >= 15 is 0 Å². The molecule has 0 aromatic carbocycles. The van der Waals surface area contributed by atoms with E-state index < -0.39 is 0 Å². The maximum Gasteiger partial charge on any atom is 0.0315 e. The first-order valence-corrected chi connectivity index (χ1v) is 5.91. The molecule has 0 saturated heterocycles. The van der Waals surface area contributed by atoms with Gasteiger partial charge in [-0.15, -0.1) is 0 Å². The fourth-order valence-corrected chi connectivity index (χ4v) is 2.25. The summed E-state index contributed by atoms with van der Waals surface area (Å²) in [7, 11) is 0. The molecule has 1 fully saturated rings. The molecule has 1 N–H and O–H groups in total. The van der Waals surface area contributed by atoms with Gasteiger partial charge in [0.05, 0.1) is 0 Å². The normalized spacial score (nSPS) is 17.2. The van der Waals surface area contributed by atoms with Crippen LogP contribution in [0.25, 0.3) is 0 Å². The minimum atomic E-state index is 0.741. The largest absolute Gasteiger partial charge is 0.310 e. The van der Waals surface area contributed by atoms with Crippen molar-refractivity contribution in [1.29, 1.82) is 0 Å². The summed E-state index contributed by atoms with van der Waals surface area (Å²) >= 11 is 0. The van der Waals surface area contributed by atoms with Gasteiger partial charge in [0, 0.05) is 25.0 Å². The van der Waals surface area contributed by atoms with Gasteiger partial charge in [0.2, 0.25) is 0 Å². The number of nitrogens with zero attached hydrogens (tertiary/aromatic N) is 1. The van der Waals surface area contributed by atoms with Crippen molar-refractivity contribution in [3.63, 3.8) is 0 Å². The van der Waals surface area contributed by atoms with E-state index in [9.17, 15) is 0 Å². The molecule has 15 heavy (non-hydrogen) atoms. The van der Waals surface area contributed by atoms with Gasteiger partial charge >= 0.3 is 0 Å². The maximum atomic E-state index is 4.25. The molecule has 0 atom stereocenters. The average Bonchev–Trinajstić information content (AvgIpc) is 2.73. The zero-order valence-corrected chi connectivity index (χ0v) is 9.71. The van der Waals surface area contributed by atoms with Crippen molar-refractivity contribution >= 4 is 0 Å². The summed E-state index contributed by atoms with van der Waals surface area (Å²) in [4.78, 5) is 4.25. The molecule has 0 unspecified atom stereocenters. The van der Waals surface area contributed by atoms with E-state index in [1.165, 1.54) is 42.4 Å². The van der Waals surface area contributed by atoms with Gasteiger partial charge in [-0.2, -0.15) is 0 Å². The van der Waals surface area contributed by atoms with Crippen LogP contribution in [0.4, 0.5) is 0 Å². The van der Waals surface area contributed by atoms with E-state index in [1.807, 2.05) is 12.4 Å². The van der Waals surface area contributed by atoms with Gasteiger partial charge in [0.25, 0.3) is 0 Å². The monoisotopic (exact) mass is 204 g/mol. The van der Waals surface area contributed by atoms with Gasteiger partial charge in [-0.05, 0) is 43.4 Å². The molecule has 2 heteroatoms. The quantitative estimate of drug-likeness (QED) is 0.819. The minimum absolute atomic E-state index is 0.741. The smallest absolute Gasteiger partial charge is 0.0315 e. The maximum absolute atomic E-state index is 4.25. The van der Waals surface area contributed by atoms with E-state index in [0.29, 0.717) is 0 Å². The second-order valence-corrected chi connectivity index (χ2v) is 4.60. The second-order valence-electron chi connectivity index (χ2n) is 4.60. The lowest BCUT2D eigenvalue weighted by atomic mass is 10.1. The van der Waals surface area contributed by atoms with Crippen LogP contribution in [-0.2, 0) is 6.54 Å². The predicted molar refractivity (Wildman–Crippen MR) is 62.8 cm³/mol. The Hall–Kier alpha value is -0.890. The van der Waals surface area contributed by atoms with Gasteiger partial charge in [-0.1, -0.05) is 12.8 Å². The third kappa shape index (κ3) is 2.57. The topological polar surface area (TPSA) is 24.9 Å². The van der Waals surface area contributed by atoms with Crippen molar-refractivity contribution in [2.75, 3.05) is 0 Å². The Labute approximate surface area is 92.1 Å². The Bertz CT molecular complexity index is 327. The Morgan fingerprint density at radius 2 is 2.00 bits per heavy atom. The molecule has 2 rings (SSSR count). The highest BCUT2D eigenvalue weighted by atomic mass is 14.9. The van der Waals surface area contributed by atoms with E-state index in [0.717, 1.165) is 12.6 Å². The molecule has 1 saturated carbocycles. The number of rotatable bonds is 3. The Morgan fingerprint density at radius 1 is 1.27 bits per heavy atom. The number of pyridine rings is 1. The molecule has 0 bridgehead atoms. The molecule has 1 aliphatic rings. The second kappa shape index (κ2) is 4.75. The molecule has 0 aliphatic heterocycles. The molecular weight excluding hydrogens is 184 g/mol. The third-order valence-electron chi connectivity index (χ3n) is 3.51. The molecule has 1 heterocycles. The number of aromatic nitrogens is 1. The van der Waals surface area contributed by atoms with Gasteiger partial charge in [-0.25, -0.2) is 0 Å². The highest BCUT2D eigenvalue weighted by molar-refractivity contribution is 5.29. The summed E-state index contributed by atoms with van der Waals surface area (Å²) in [5.74, 6) is 0. The highest BCUT2D eigenvalue weighted by Gasteiger charge is 2.14. The van der Waals surface area contributed by atoms with E-state index in [-0.39, 0.29) is 0 Å². The zero-order chi connectivity index (χ0) is 10.7. The molecule has 1 aromatic rings. The van der Waals surface area contributed by atoms with Gasteiger partial charge in [0.15, 0.2) is 0 Å². The summed E-state index contributed by atoms with van der Waals surface area (Å²) in [5, 5.41) is 3.63. The van der Waals surface area contributed by atoms with Crippen LogP contribution in [-0.4, -0.2) is 11.0 Å². The standard InChI is InChI=1S/C13H20N2/c1-10-7-14-8-12(11(10)2)9-15-13-5-3-4-6-13/h7-8,13,15H,3-6,9H2,1-2H3. The summed E-state index contributed by atoms with van der Waals surface area (Å²) in [6, 6.07) is 0.741. The molecule has 0 spiro atoms. The predicted octanol–water partition coefficient (Wildman–Crippen LogP) is 2.73. The number of nitrogens with one attached hydrogen (secondary N) is 1. The van der Waals surface area contributed by atoms with Crippen molar-refractivity contribution in [2.24, 2.45) is 0 Å². The molecule has 0 radical (unpaired) electrons. The van der Waals surface area contributed by atoms with Gasteiger partial charge in [-0.3, -0.25) is 4.98 Å². The van der Waals surface area contributed by atoms with Crippen molar-refractivity contribution in [3.05, 3.63) is 29.1 Å². The lowest BCUT2D eigenvalue weighted by molar-refractivity contribution is 0.522. The van der Waals surface area contributed by atoms with Crippen molar-refractivity contribution in [3.8, 4) is 0 Å². The molecule has 1 aromatic heterocycles. The fourth-order valence-electron chi connectivity index (χ4n) is 2.25. The van der Waals surface area contributed by atoms with Crippen LogP contribution in [0.2, 0.25) is 0 Å². The number of hydrogen-bond acceptors (Lipinski definition) is 2. The van der Waals surface area contributed by atoms with Crippen LogP contribution in [0.1, 0.15) is 42.4 Å².